The summed E-state index contributed by atoms with van der Waals surface area (Å²) in [7, 11) is 0. The smallest absolute Gasteiger partial charge is 0.140 e. The highest BCUT2D eigenvalue weighted by atomic mass is 19.1. The van der Waals surface area contributed by atoms with Gasteiger partial charge in [0.2, 0.25) is 0 Å². The third-order valence-corrected chi connectivity index (χ3v) is 2.67. The van der Waals surface area contributed by atoms with E-state index in [1.54, 1.807) is 0 Å². The van der Waals surface area contributed by atoms with E-state index in [1.165, 1.54) is 12.3 Å². The first-order valence-corrected chi connectivity index (χ1v) is 5.78. The zero-order valence-corrected chi connectivity index (χ0v) is 9.72. The maximum absolute atomic E-state index is 13.6. The number of nitrogens with one attached hydrogen (secondary N) is 1. The molecule has 0 atom stereocenters. The number of rotatable bonds is 5. The minimum atomic E-state index is -0.611. The predicted molar refractivity (Wildman–Crippen MR) is 63.0 cm³/mol. The lowest BCUT2D eigenvalue weighted by molar-refractivity contribution is 0.576. The number of hydrogen-bond donors (Lipinski definition) is 1. The standard InChI is InChI=1S/C13H15F2NO/c1-2-4-16-5-3-9-8-17-12-7-10(14)6-11(15)13(9)12/h6-8,16H,2-5H2,1H3. The van der Waals surface area contributed by atoms with E-state index in [9.17, 15) is 8.78 Å². The molecule has 0 spiro atoms. The highest BCUT2D eigenvalue weighted by molar-refractivity contribution is 5.81. The second-order valence-electron chi connectivity index (χ2n) is 4.02. The topological polar surface area (TPSA) is 25.2 Å². The first-order valence-electron chi connectivity index (χ1n) is 5.78. The Kier molecular flexibility index (Phi) is 3.74. The molecule has 0 aliphatic heterocycles. The Labute approximate surface area is 98.6 Å². The quantitative estimate of drug-likeness (QED) is 0.810. The highest BCUT2D eigenvalue weighted by Gasteiger charge is 2.12. The molecule has 0 saturated heterocycles. The Morgan fingerprint density at radius 2 is 2.06 bits per heavy atom. The van der Waals surface area contributed by atoms with E-state index in [2.05, 4.69) is 12.2 Å². The van der Waals surface area contributed by atoms with Crippen LogP contribution in [-0.2, 0) is 6.42 Å². The lowest BCUT2D eigenvalue weighted by Gasteiger charge is -2.01. The molecule has 0 fully saturated rings. The summed E-state index contributed by atoms with van der Waals surface area (Å²) in [5, 5.41) is 3.62. The van der Waals surface area contributed by atoms with Crippen LogP contribution in [0, 0.1) is 11.6 Å². The monoisotopic (exact) mass is 239 g/mol. The van der Waals surface area contributed by atoms with E-state index >= 15 is 0 Å². The van der Waals surface area contributed by atoms with Gasteiger partial charge in [-0.25, -0.2) is 8.78 Å². The van der Waals surface area contributed by atoms with Gasteiger partial charge in [-0.05, 0) is 25.9 Å². The molecule has 1 N–H and O–H groups in total. The largest absolute Gasteiger partial charge is 0.464 e. The molecule has 0 aliphatic carbocycles. The van der Waals surface area contributed by atoms with Crippen LogP contribution in [0.25, 0.3) is 11.0 Å². The van der Waals surface area contributed by atoms with Gasteiger partial charge in [-0.2, -0.15) is 0 Å². The number of benzene rings is 1. The normalized spacial score (nSPS) is 11.2. The summed E-state index contributed by atoms with van der Waals surface area (Å²) in [6.45, 7) is 3.79. The van der Waals surface area contributed by atoms with Crippen molar-refractivity contribution in [3.8, 4) is 0 Å². The summed E-state index contributed by atoms with van der Waals surface area (Å²) in [5.41, 5.74) is 1.05. The van der Waals surface area contributed by atoms with Crippen LogP contribution in [0.5, 0.6) is 0 Å². The third kappa shape index (κ3) is 2.64. The van der Waals surface area contributed by atoms with Crippen molar-refractivity contribution in [1.29, 1.82) is 0 Å². The molecule has 0 unspecified atom stereocenters. The van der Waals surface area contributed by atoms with Crippen molar-refractivity contribution in [2.24, 2.45) is 0 Å². The third-order valence-electron chi connectivity index (χ3n) is 2.67. The highest BCUT2D eigenvalue weighted by Crippen LogP contribution is 2.25. The number of fused-ring (bicyclic) bond motifs is 1. The minimum Gasteiger partial charge on any atom is -0.464 e. The lowest BCUT2D eigenvalue weighted by Crippen LogP contribution is -2.17. The van der Waals surface area contributed by atoms with Crippen molar-refractivity contribution >= 4 is 11.0 Å². The molecule has 0 radical (unpaired) electrons. The molecule has 92 valence electrons. The Morgan fingerprint density at radius 1 is 1.24 bits per heavy atom. The van der Waals surface area contributed by atoms with Crippen LogP contribution in [0.3, 0.4) is 0 Å². The van der Waals surface area contributed by atoms with Crippen molar-refractivity contribution in [2.75, 3.05) is 13.1 Å². The van der Waals surface area contributed by atoms with Gasteiger partial charge in [0.25, 0.3) is 0 Å². The van der Waals surface area contributed by atoms with Crippen LogP contribution >= 0.6 is 0 Å². The van der Waals surface area contributed by atoms with Crippen LogP contribution in [0.1, 0.15) is 18.9 Å². The van der Waals surface area contributed by atoms with Crippen LogP contribution in [0.2, 0.25) is 0 Å². The van der Waals surface area contributed by atoms with Crippen molar-refractivity contribution in [2.45, 2.75) is 19.8 Å². The first-order chi connectivity index (χ1) is 8.22. The number of hydrogen-bond acceptors (Lipinski definition) is 2. The zero-order valence-electron chi connectivity index (χ0n) is 9.72. The van der Waals surface area contributed by atoms with E-state index in [1.807, 2.05) is 0 Å². The lowest BCUT2D eigenvalue weighted by atomic mass is 10.1. The van der Waals surface area contributed by atoms with E-state index < -0.39 is 11.6 Å². The van der Waals surface area contributed by atoms with Gasteiger partial charge in [0.15, 0.2) is 0 Å². The number of halogens is 2. The summed E-state index contributed by atoms with van der Waals surface area (Å²) in [5.74, 6) is -1.17. The van der Waals surface area contributed by atoms with Gasteiger partial charge in [-0.15, -0.1) is 0 Å². The minimum absolute atomic E-state index is 0.271. The van der Waals surface area contributed by atoms with Crippen molar-refractivity contribution < 1.29 is 13.2 Å². The van der Waals surface area contributed by atoms with Gasteiger partial charge >= 0.3 is 0 Å². The second-order valence-corrected chi connectivity index (χ2v) is 4.02. The molecule has 1 aromatic heterocycles. The molecule has 0 bridgehead atoms. The molecule has 2 aromatic rings. The van der Waals surface area contributed by atoms with Crippen molar-refractivity contribution in [3.63, 3.8) is 0 Å². The second kappa shape index (κ2) is 5.27. The maximum Gasteiger partial charge on any atom is 0.140 e. The Bertz CT molecular complexity index is 507. The summed E-state index contributed by atoms with van der Waals surface area (Å²) in [6, 6.07) is 2.10. The fraction of sp³-hybridized carbons (Fsp3) is 0.385. The molecule has 17 heavy (non-hydrogen) atoms. The van der Waals surface area contributed by atoms with Crippen molar-refractivity contribution in [3.05, 3.63) is 35.6 Å². The zero-order chi connectivity index (χ0) is 12.3. The van der Waals surface area contributed by atoms with Gasteiger partial charge in [-0.1, -0.05) is 6.92 Å². The molecular formula is C13H15F2NO. The summed E-state index contributed by atoms with van der Waals surface area (Å²) >= 11 is 0. The summed E-state index contributed by atoms with van der Waals surface area (Å²) in [6.07, 6.45) is 3.24. The van der Waals surface area contributed by atoms with Crippen LogP contribution in [0.15, 0.2) is 22.8 Å². The molecule has 2 nitrogen and oxygen atoms in total. The average Bonchev–Trinajstić information content (AvgIpc) is 2.68. The molecule has 1 heterocycles. The van der Waals surface area contributed by atoms with Crippen molar-refractivity contribution in [1.82, 2.24) is 5.32 Å². The molecule has 4 heteroatoms. The van der Waals surface area contributed by atoms with Crippen LogP contribution in [-0.4, -0.2) is 13.1 Å². The Morgan fingerprint density at radius 3 is 2.82 bits per heavy atom. The van der Waals surface area contributed by atoms with Crippen LogP contribution in [0.4, 0.5) is 8.78 Å². The SMILES string of the molecule is CCCNCCc1coc2cc(F)cc(F)c12. The predicted octanol–water partition coefficient (Wildman–Crippen LogP) is 3.25. The fourth-order valence-corrected chi connectivity index (χ4v) is 1.86. The van der Waals surface area contributed by atoms with Gasteiger partial charge < -0.3 is 9.73 Å². The van der Waals surface area contributed by atoms with Gasteiger partial charge in [0.1, 0.15) is 17.2 Å². The van der Waals surface area contributed by atoms with E-state index in [0.717, 1.165) is 31.1 Å². The summed E-state index contributed by atoms with van der Waals surface area (Å²) < 4.78 is 31.7. The average molecular weight is 239 g/mol. The van der Waals surface area contributed by atoms with Gasteiger partial charge in [0, 0.05) is 17.7 Å². The molecular weight excluding hydrogens is 224 g/mol. The van der Waals surface area contributed by atoms with Gasteiger partial charge in [-0.3, -0.25) is 0 Å². The summed E-state index contributed by atoms with van der Waals surface area (Å²) in [4.78, 5) is 0. The fourth-order valence-electron chi connectivity index (χ4n) is 1.86. The van der Waals surface area contributed by atoms with E-state index in [0.29, 0.717) is 11.8 Å². The first kappa shape index (κ1) is 12.0. The van der Waals surface area contributed by atoms with E-state index in [4.69, 9.17) is 4.42 Å². The maximum atomic E-state index is 13.6. The van der Waals surface area contributed by atoms with Gasteiger partial charge in [0.05, 0.1) is 11.6 Å². The number of furan rings is 1. The Balaban J connectivity index is 2.18. The van der Waals surface area contributed by atoms with Crippen LogP contribution < -0.4 is 5.32 Å². The molecule has 0 amide bonds. The molecule has 2 rings (SSSR count). The molecule has 1 aromatic carbocycles. The molecule has 0 saturated carbocycles. The molecule has 0 aliphatic rings. The van der Waals surface area contributed by atoms with E-state index in [-0.39, 0.29) is 5.58 Å². The Hall–Kier alpha value is -1.42.